The SMILES string of the molecule is CCn1c(-c2cccnc2[C@H](C)OC)c2c3cc(ccc31)-c1cccc(c1)C[C@H](NC(=O)[C@H](C(C)C)N(C)CC1CCN(C(=O)C#C[C@@H]3CCN3C)C1)C(=O)N1CCC[C@H](N1)C(=O)OCC(C)(C)C2. The predicted octanol–water partition coefficient (Wildman–Crippen LogP) is 6.26. The minimum Gasteiger partial charge on any atom is -0.464 e. The van der Waals surface area contributed by atoms with Gasteiger partial charge in [-0.15, -0.1) is 0 Å². The molecule has 2 N–H and O–H groups in total. The van der Waals surface area contributed by atoms with Crippen molar-refractivity contribution in [2.24, 2.45) is 17.3 Å². The molecule has 3 fully saturated rings. The molecular formula is C55H72N8O6. The highest BCUT2D eigenvalue weighted by molar-refractivity contribution is 5.96. The first-order valence-corrected chi connectivity index (χ1v) is 25.0. The number of benzene rings is 2. The number of ether oxygens (including phenoxy) is 2. The minimum absolute atomic E-state index is 0.0790. The Labute approximate surface area is 408 Å². The van der Waals surface area contributed by atoms with E-state index in [0.717, 1.165) is 76.0 Å². The van der Waals surface area contributed by atoms with Crippen molar-refractivity contribution < 1.29 is 28.7 Å². The Hall–Kier alpha value is -5.59. The van der Waals surface area contributed by atoms with Gasteiger partial charge in [-0.3, -0.25) is 39.0 Å². The van der Waals surface area contributed by atoms with Crippen molar-refractivity contribution in [1.29, 1.82) is 0 Å². The lowest BCUT2D eigenvalue weighted by molar-refractivity contribution is -0.155. The summed E-state index contributed by atoms with van der Waals surface area (Å²) in [5.74, 6) is 4.99. The highest BCUT2D eigenvalue weighted by atomic mass is 16.5. The number of hydrogen-bond donors (Lipinski definition) is 2. The van der Waals surface area contributed by atoms with Gasteiger partial charge in [0.2, 0.25) is 5.91 Å². The van der Waals surface area contributed by atoms with Crippen LogP contribution < -0.4 is 10.7 Å². The van der Waals surface area contributed by atoms with Gasteiger partial charge in [0.1, 0.15) is 12.1 Å². The molecule has 1 unspecified atom stereocenters. The molecule has 2 aromatic heterocycles. The molecule has 4 aliphatic heterocycles. The molecule has 6 heterocycles. The number of cyclic esters (lactones) is 1. The summed E-state index contributed by atoms with van der Waals surface area (Å²) in [5, 5.41) is 5.83. The number of fused-ring (bicyclic) bond motifs is 6. The molecule has 4 aliphatic rings. The number of methoxy groups -OCH3 is 1. The largest absolute Gasteiger partial charge is 0.464 e. The molecule has 6 atom stereocenters. The number of likely N-dealkylation sites (N-methyl/N-ethyl adjacent to an activating group) is 1. The normalized spacial score (nSPS) is 22.9. The summed E-state index contributed by atoms with van der Waals surface area (Å²) in [5.41, 5.74) is 10.8. The Morgan fingerprint density at radius 3 is 2.55 bits per heavy atom. The molecular weight excluding hydrogens is 869 g/mol. The minimum atomic E-state index is -0.936. The number of rotatable bonds is 10. The van der Waals surface area contributed by atoms with Gasteiger partial charge in [-0.05, 0) is 124 Å². The first kappa shape index (κ1) is 49.8. The molecule has 368 valence electrons. The first-order valence-electron chi connectivity index (χ1n) is 25.0. The third-order valence-corrected chi connectivity index (χ3v) is 14.8. The second kappa shape index (κ2) is 21.2. The van der Waals surface area contributed by atoms with Crippen molar-refractivity contribution in [1.82, 2.24) is 40.0 Å². The van der Waals surface area contributed by atoms with E-state index in [0.29, 0.717) is 45.4 Å². The predicted molar refractivity (Wildman–Crippen MR) is 268 cm³/mol. The van der Waals surface area contributed by atoms with Crippen LogP contribution in [-0.2, 0) is 48.0 Å². The van der Waals surface area contributed by atoms with Crippen molar-refractivity contribution in [2.45, 2.75) is 117 Å². The van der Waals surface area contributed by atoms with Crippen molar-refractivity contribution >= 4 is 34.6 Å². The summed E-state index contributed by atoms with van der Waals surface area (Å²) in [6, 6.07) is 16.9. The zero-order chi connectivity index (χ0) is 49.1. The number of likely N-dealkylation sites (tertiary alicyclic amines) is 2. The maximum atomic E-state index is 14.8. The fraction of sp³-hybridized carbons (Fsp3) is 0.545. The zero-order valence-electron chi connectivity index (χ0n) is 42.1. The van der Waals surface area contributed by atoms with Gasteiger partial charge in [-0.25, -0.2) is 5.43 Å². The van der Waals surface area contributed by atoms with Crippen molar-refractivity contribution in [3.8, 4) is 34.2 Å². The molecule has 3 saturated heterocycles. The molecule has 0 spiro atoms. The van der Waals surface area contributed by atoms with Crippen LogP contribution in [0, 0.1) is 29.1 Å². The summed E-state index contributed by atoms with van der Waals surface area (Å²) >= 11 is 0. The fourth-order valence-electron chi connectivity index (χ4n) is 10.9. The monoisotopic (exact) mass is 941 g/mol. The molecule has 0 aliphatic carbocycles. The van der Waals surface area contributed by atoms with Gasteiger partial charge in [-0.2, -0.15) is 0 Å². The Bertz CT molecular complexity index is 2610. The van der Waals surface area contributed by atoms with Gasteiger partial charge in [0.25, 0.3) is 11.8 Å². The smallest absolute Gasteiger partial charge is 0.324 e. The van der Waals surface area contributed by atoms with E-state index in [1.165, 1.54) is 5.01 Å². The van der Waals surface area contributed by atoms with Gasteiger partial charge in [0.15, 0.2) is 0 Å². The molecule has 0 saturated carbocycles. The second-order valence-corrected chi connectivity index (χ2v) is 20.9. The average Bonchev–Trinajstić information content (AvgIpc) is 3.93. The number of hydrazine groups is 1. The summed E-state index contributed by atoms with van der Waals surface area (Å²) in [7, 11) is 5.68. The standard InChI is InChI=1S/C55H72N8O6/c1-10-62-47-20-18-40-30-43(47)44(51(62)42-16-12-24-56-49(42)36(4)68-9)31-55(5,6)34-69-54(67)45-17-13-25-63(58-45)53(66)46(29-37-14-11-15-39(40)28-37)57-52(65)50(35(2)3)60(8)32-38-22-27-61(33-38)48(64)21-19-41-23-26-59(41)7/h11-12,14-16,18,20,24,28,30,35-36,38,41,45-46,50,58H,10,13,17,22-23,25-27,29,31-34H2,1-9H3,(H,57,65)/t36-,38?,41+,45-,46-,50-/m0/s1. The molecule has 2 aromatic carbocycles. The van der Waals surface area contributed by atoms with Gasteiger partial charge >= 0.3 is 5.97 Å². The van der Waals surface area contributed by atoms with Gasteiger partial charge < -0.3 is 24.3 Å². The second-order valence-electron chi connectivity index (χ2n) is 20.9. The van der Waals surface area contributed by atoms with Crippen LogP contribution in [0.15, 0.2) is 60.8 Å². The summed E-state index contributed by atoms with van der Waals surface area (Å²) in [6.45, 7) is 16.6. The van der Waals surface area contributed by atoms with E-state index in [-0.39, 0.29) is 54.7 Å². The third kappa shape index (κ3) is 10.9. The maximum Gasteiger partial charge on any atom is 0.324 e. The number of nitrogens with one attached hydrogen (secondary N) is 2. The third-order valence-electron chi connectivity index (χ3n) is 14.8. The van der Waals surface area contributed by atoms with Crippen molar-refractivity contribution in [3.63, 3.8) is 0 Å². The van der Waals surface area contributed by atoms with E-state index in [9.17, 15) is 19.2 Å². The quantitative estimate of drug-likeness (QED) is 0.138. The number of pyridine rings is 1. The van der Waals surface area contributed by atoms with Gasteiger partial charge in [0, 0.05) is 80.9 Å². The lowest BCUT2D eigenvalue weighted by Crippen LogP contribution is -2.62. The van der Waals surface area contributed by atoms with E-state index in [1.54, 1.807) is 7.11 Å². The van der Waals surface area contributed by atoms with Crippen LogP contribution >= 0.6 is 0 Å². The zero-order valence-corrected chi connectivity index (χ0v) is 42.1. The number of hydrogen-bond acceptors (Lipinski definition) is 10. The number of carbonyl (C=O) groups excluding carboxylic acids is 4. The van der Waals surface area contributed by atoms with Crippen LogP contribution in [0.2, 0.25) is 0 Å². The maximum absolute atomic E-state index is 14.8. The lowest BCUT2D eigenvalue weighted by atomic mass is 9.84. The number of carbonyl (C=O) groups is 4. The summed E-state index contributed by atoms with van der Waals surface area (Å²) in [4.78, 5) is 67.3. The lowest BCUT2D eigenvalue weighted by Gasteiger charge is -2.37. The number of esters is 1. The van der Waals surface area contributed by atoms with Gasteiger partial charge in [-0.1, -0.05) is 63.9 Å². The number of aryl methyl sites for hydroxylation is 1. The highest BCUT2D eigenvalue weighted by Crippen LogP contribution is 2.42. The van der Waals surface area contributed by atoms with Gasteiger partial charge in [0.05, 0.1) is 36.2 Å². The van der Waals surface area contributed by atoms with E-state index in [1.807, 2.05) is 64.2 Å². The van der Waals surface area contributed by atoms with Crippen LogP contribution in [0.5, 0.6) is 0 Å². The van der Waals surface area contributed by atoms with Crippen LogP contribution in [0.1, 0.15) is 90.2 Å². The molecule has 4 aromatic rings. The topological polar surface area (TPSA) is 142 Å². The number of nitrogens with zero attached hydrogens (tertiary/aromatic N) is 6. The molecule has 14 heteroatoms. The van der Waals surface area contributed by atoms with Crippen molar-refractivity contribution in [2.75, 3.05) is 60.5 Å². The van der Waals surface area contributed by atoms with Crippen LogP contribution in [0.25, 0.3) is 33.3 Å². The number of aromatic nitrogens is 2. The van der Waals surface area contributed by atoms with E-state index in [2.05, 4.69) is 94.1 Å². The Kier molecular flexibility index (Phi) is 15.3. The summed E-state index contributed by atoms with van der Waals surface area (Å²) < 4.78 is 14.4. The molecule has 14 nitrogen and oxygen atoms in total. The Morgan fingerprint density at radius 1 is 1.03 bits per heavy atom. The van der Waals surface area contributed by atoms with E-state index in [4.69, 9.17) is 14.5 Å². The average molecular weight is 941 g/mol. The first-order chi connectivity index (χ1) is 33.0. The molecule has 69 heavy (non-hydrogen) atoms. The fourth-order valence-corrected chi connectivity index (χ4v) is 10.9. The summed E-state index contributed by atoms with van der Waals surface area (Å²) in [6.07, 6.45) is 5.33. The van der Waals surface area contributed by atoms with Crippen LogP contribution in [-0.4, -0.2) is 138 Å². The number of amides is 3. The molecule has 3 amide bonds. The van der Waals surface area contributed by atoms with Crippen molar-refractivity contribution in [3.05, 3.63) is 77.6 Å². The van der Waals surface area contributed by atoms with E-state index >= 15 is 0 Å². The van der Waals surface area contributed by atoms with E-state index < -0.39 is 29.5 Å². The van der Waals surface area contributed by atoms with Crippen LogP contribution in [0.3, 0.4) is 0 Å². The highest BCUT2D eigenvalue weighted by Gasteiger charge is 2.38. The molecule has 0 radical (unpaired) electrons. The molecule has 6 bridgehead atoms. The molecule has 8 rings (SSSR count). The Morgan fingerprint density at radius 2 is 1.83 bits per heavy atom. The van der Waals surface area contributed by atoms with Crippen LogP contribution in [0.4, 0.5) is 0 Å². The Balaban J connectivity index is 1.11.